The van der Waals surface area contributed by atoms with Gasteiger partial charge in [0.25, 0.3) is 5.91 Å². The molecule has 0 fully saturated rings. The summed E-state index contributed by atoms with van der Waals surface area (Å²) in [5.41, 5.74) is 10.1. The number of hydrogen-bond donors (Lipinski definition) is 5. The maximum atomic E-state index is 14.7. The lowest BCUT2D eigenvalue weighted by Crippen LogP contribution is -2.37. The minimum Gasteiger partial charge on any atom is -0.480 e. The van der Waals surface area contributed by atoms with Crippen LogP contribution < -0.4 is 22.1 Å². The predicted molar refractivity (Wildman–Crippen MR) is 119 cm³/mol. The zero-order chi connectivity index (χ0) is 24.0. The molecule has 32 heavy (non-hydrogen) atoms. The standard InChI is InChI=1S/C21H24F2N4O4S/c1-10(2)6-16(20(29)30)26-5-3-4-11-7-15(23)12(8-14(11)22)17-9-13(18(24)28)19(32-17)27-21(25)31/h3-4,7-10,16,26H,5-6H2,1-2H3,(H2,24,28)(H,29,30)(H3,25,27,31)/b4-3+/t16-/m0/s1. The summed E-state index contributed by atoms with van der Waals surface area (Å²) in [4.78, 5) is 34.1. The highest BCUT2D eigenvalue weighted by molar-refractivity contribution is 7.20. The van der Waals surface area contributed by atoms with Crippen molar-refractivity contribution in [1.29, 1.82) is 0 Å². The van der Waals surface area contributed by atoms with Crippen molar-refractivity contribution in [3.63, 3.8) is 0 Å². The van der Waals surface area contributed by atoms with Crippen molar-refractivity contribution in [2.24, 2.45) is 17.4 Å². The quantitative estimate of drug-likeness (QED) is 0.364. The van der Waals surface area contributed by atoms with Gasteiger partial charge in [0, 0.05) is 22.5 Å². The number of halogens is 2. The number of amides is 3. The largest absolute Gasteiger partial charge is 0.480 e. The van der Waals surface area contributed by atoms with Gasteiger partial charge in [0.1, 0.15) is 22.7 Å². The molecule has 7 N–H and O–H groups in total. The van der Waals surface area contributed by atoms with E-state index in [1.807, 2.05) is 13.8 Å². The van der Waals surface area contributed by atoms with Gasteiger partial charge >= 0.3 is 12.0 Å². The number of thiophene rings is 1. The number of nitrogens with two attached hydrogens (primary N) is 2. The van der Waals surface area contributed by atoms with E-state index >= 15 is 0 Å². The van der Waals surface area contributed by atoms with Gasteiger partial charge in [-0.1, -0.05) is 26.0 Å². The Labute approximate surface area is 187 Å². The molecule has 0 aliphatic carbocycles. The lowest BCUT2D eigenvalue weighted by Gasteiger charge is -2.15. The molecule has 1 heterocycles. The molecule has 0 bridgehead atoms. The Bertz CT molecular complexity index is 1050. The zero-order valence-electron chi connectivity index (χ0n) is 17.4. The SMILES string of the molecule is CC(C)C[C@H](NC/C=C/c1cc(F)c(-c2cc(C(N)=O)c(NC(N)=O)s2)cc1F)C(=O)O. The van der Waals surface area contributed by atoms with Crippen LogP contribution in [0, 0.1) is 17.6 Å². The Morgan fingerprint density at radius 3 is 2.41 bits per heavy atom. The molecule has 0 aliphatic rings. The Morgan fingerprint density at radius 2 is 1.84 bits per heavy atom. The molecule has 172 valence electrons. The number of rotatable bonds is 10. The highest BCUT2D eigenvalue weighted by Crippen LogP contribution is 2.37. The zero-order valence-corrected chi connectivity index (χ0v) is 18.3. The molecule has 2 rings (SSSR count). The van der Waals surface area contributed by atoms with Crippen LogP contribution in [-0.4, -0.2) is 35.6 Å². The Morgan fingerprint density at radius 1 is 1.16 bits per heavy atom. The summed E-state index contributed by atoms with van der Waals surface area (Å²) in [6, 6.07) is 1.52. The molecular formula is C21H24F2N4O4S. The van der Waals surface area contributed by atoms with Gasteiger partial charge in [-0.25, -0.2) is 13.6 Å². The Kier molecular flexibility index (Phi) is 8.44. The highest BCUT2D eigenvalue weighted by Gasteiger charge is 2.20. The summed E-state index contributed by atoms with van der Waals surface area (Å²) < 4.78 is 29.3. The van der Waals surface area contributed by atoms with Crippen LogP contribution >= 0.6 is 11.3 Å². The first-order valence-corrected chi connectivity index (χ1v) is 10.4. The van der Waals surface area contributed by atoms with E-state index in [0.29, 0.717) is 6.42 Å². The van der Waals surface area contributed by atoms with Gasteiger partial charge in [0.05, 0.1) is 5.56 Å². The van der Waals surface area contributed by atoms with Gasteiger partial charge in [-0.15, -0.1) is 11.3 Å². The van der Waals surface area contributed by atoms with Crippen LogP contribution in [0.15, 0.2) is 24.3 Å². The van der Waals surface area contributed by atoms with Crippen LogP contribution in [0.25, 0.3) is 16.5 Å². The summed E-state index contributed by atoms with van der Waals surface area (Å²) in [6.45, 7) is 3.96. The van der Waals surface area contributed by atoms with Crippen LogP contribution in [-0.2, 0) is 4.79 Å². The van der Waals surface area contributed by atoms with Crippen molar-refractivity contribution in [2.75, 3.05) is 11.9 Å². The molecule has 1 aromatic carbocycles. The fraction of sp³-hybridized carbons (Fsp3) is 0.286. The predicted octanol–water partition coefficient (Wildman–Crippen LogP) is 3.38. The number of primary amides is 2. The molecule has 0 saturated carbocycles. The number of nitrogens with one attached hydrogen (secondary N) is 2. The second-order valence-corrected chi connectivity index (χ2v) is 8.44. The van der Waals surface area contributed by atoms with E-state index in [2.05, 4.69) is 10.6 Å². The van der Waals surface area contributed by atoms with Gasteiger partial charge in [0.15, 0.2) is 0 Å². The van der Waals surface area contributed by atoms with E-state index in [1.54, 1.807) is 0 Å². The molecule has 11 heteroatoms. The average molecular weight is 467 g/mol. The molecule has 0 aliphatic heterocycles. The minimum atomic E-state index is -0.981. The molecule has 0 saturated heterocycles. The van der Waals surface area contributed by atoms with Gasteiger partial charge in [0.2, 0.25) is 0 Å². The number of carbonyl (C=O) groups excluding carboxylic acids is 2. The number of benzene rings is 1. The molecule has 3 amide bonds. The molecule has 1 atom stereocenters. The summed E-state index contributed by atoms with van der Waals surface area (Å²) in [5, 5.41) is 14.3. The molecule has 0 spiro atoms. The van der Waals surface area contributed by atoms with Crippen LogP contribution in [0.4, 0.5) is 18.6 Å². The minimum absolute atomic E-state index is 0.0317. The van der Waals surface area contributed by atoms with E-state index in [1.165, 1.54) is 18.2 Å². The molecule has 2 aromatic rings. The van der Waals surface area contributed by atoms with Gasteiger partial charge in [-0.3, -0.25) is 14.9 Å². The topological polar surface area (TPSA) is 148 Å². The van der Waals surface area contributed by atoms with E-state index < -0.39 is 35.6 Å². The molecule has 1 aromatic heterocycles. The number of carboxylic acids is 1. The van der Waals surface area contributed by atoms with Crippen LogP contribution in [0.1, 0.15) is 36.2 Å². The first-order valence-electron chi connectivity index (χ1n) is 9.61. The van der Waals surface area contributed by atoms with E-state index in [9.17, 15) is 28.3 Å². The van der Waals surface area contributed by atoms with Crippen molar-refractivity contribution < 1.29 is 28.3 Å². The number of aliphatic carboxylic acids is 1. The normalized spacial score (nSPS) is 12.3. The summed E-state index contributed by atoms with van der Waals surface area (Å²) in [7, 11) is 0. The number of urea groups is 1. The maximum Gasteiger partial charge on any atom is 0.320 e. The lowest BCUT2D eigenvalue weighted by atomic mass is 10.0. The monoisotopic (exact) mass is 466 g/mol. The lowest BCUT2D eigenvalue weighted by molar-refractivity contribution is -0.139. The third kappa shape index (κ3) is 6.59. The first-order chi connectivity index (χ1) is 15.0. The third-order valence-corrected chi connectivity index (χ3v) is 5.45. The van der Waals surface area contributed by atoms with E-state index in [0.717, 1.165) is 23.5 Å². The number of carbonyl (C=O) groups is 3. The Balaban J connectivity index is 2.22. The first kappa shape index (κ1) is 25.0. The van der Waals surface area contributed by atoms with Gasteiger partial charge < -0.3 is 21.9 Å². The van der Waals surface area contributed by atoms with Crippen molar-refractivity contribution in [3.8, 4) is 10.4 Å². The van der Waals surface area contributed by atoms with Crippen molar-refractivity contribution >= 4 is 40.3 Å². The van der Waals surface area contributed by atoms with E-state index in [-0.39, 0.29) is 39.0 Å². The average Bonchev–Trinajstić information content (AvgIpc) is 3.09. The van der Waals surface area contributed by atoms with Crippen molar-refractivity contribution in [1.82, 2.24) is 5.32 Å². The smallest absolute Gasteiger partial charge is 0.320 e. The number of carboxylic acid groups (broad SMARTS) is 1. The summed E-state index contributed by atoms with van der Waals surface area (Å²) >= 11 is 0.827. The molecule has 0 radical (unpaired) electrons. The van der Waals surface area contributed by atoms with Gasteiger partial charge in [-0.2, -0.15) is 0 Å². The summed E-state index contributed by atoms with van der Waals surface area (Å²) in [5.74, 6) is -3.15. The van der Waals surface area contributed by atoms with Crippen LogP contribution in [0.3, 0.4) is 0 Å². The number of anilines is 1. The fourth-order valence-electron chi connectivity index (χ4n) is 2.93. The number of hydrogen-bond acceptors (Lipinski definition) is 5. The summed E-state index contributed by atoms with van der Waals surface area (Å²) in [6.07, 6.45) is 3.27. The fourth-order valence-corrected chi connectivity index (χ4v) is 4.01. The highest BCUT2D eigenvalue weighted by atomic mass is 32.1. The second kappa shape index (κ2) is 10.8. The molecule has 0 unspecified atom stereocenters. The third-order valence-electron chi connectivity index (χ3n) is 4.37. The van der Waals surface area contributed by atoms with Gasteiger partial charge in [-0.05, 0) is 30.5 Å². The van der Waals surface area contributed by atoms with Crippen molar-refractivity contribution in [3.05, 3.63) is 47.0 Å². The maximum absolute atomic E-state index is 14.7. The van der Waals surface area contributed by atoms with E-state index in [4.69, 9.17) is 11.5 Å². The Hall–Kier alpha value is -3.31. The molecule has 8 nitrogen and oxygen atoms in total. The van der Waals surface area contributed by atoms with Crippen LogP contribution in [0.5, 0.6) is 0 Å². The second-order valence-electron chi connectivity index (χ2n) is 7.39. The van der Waals surface area contributed by atoms with Crippen molar-refractivity contribution in [2.45, 2.75) is 26.3 Å². The molecular weight excluding hydrogens is 442 g/mol. The van der Waals surface area contributed by atoms with Crippen LogP contribution in [0.2, 0.25) is 0 Å².